The average Bonchev–Trinajstić information content (AvgIpc) is 2.37. The van der Waals surface area contributed by atoms with E-state index in [9.17, 15) is 9.59 Å². The van der Waals surface area contributed by atoms with Crippen molar-refractivity contribution < 1.29 is 14.3 Å². The predicted molar refractivity (Wildman–Crippen MR) is 60.3 cm³/mol. The monoisotopic (exact) mass is 248 g/mol. The molecule has 1 heterocycles. The lowest BCUT2D eigenvalue weighted by molar-refractivity contribution is -0.124. The third-order valence-electron chi connectivity index (χ3n) is 1.88. The fourth-order valence-corrected chi connectivity index (χ4v) is 1.01. The van der Waals surface area contributed by atoms with Crippen LogP contribution in [0.1, 0.15) is 22.6 Å². The van der Waals surface area contributed by atoms with Crippen LogP contribution < -0.4 is 5.32 Å². The van der Waals surface area contributed by atoms with Gasteiger partial charge in [-0.25, -0.2) is 9.78 Å². The van der Waals surface area contributed by atoms with Crippen LogP contribution in [0, 0.1) is 18.3 Å². The highest BCUT2D eigenvalue weighted by atomic mass is 16.5. The summed E-state index contributed by atoms with van der Waals surface area (Å²) < 4.78 is 4.72. The van der Waals surface area contributed by atoms with Crippen molar-refractivity contribution in [2.75, 3.05) is 13.2 Å². The molecule has 0 saturated carbocycles. The van der Waals surface area contributed by atoms with Crippen molar-refractivity contribution in [2.45, 2.75) is 13.3 Å². The minimum atomic E-state index is -0.710. The molecule has 1 amide bonds. The van der Waals surface area contributed by atoms with Crippen LogP contribution >= 0.6 is 0 Å². The van der Waals surface area contributed by atoms with E-state index in [0.29, 0.717) is 5.69 Å². The highest BCUT2D eigenvalue weighted by molar-refractivity contribution is 5.89. The van der Waals surface area contributed by atoms with Crippen molar-refractivity contribution in [1.29, 1.82) is 5.26 Å². The van der Waals surface area contributed by atoms with Gasteiger partial charge in [0.15, 0.2) is 12.3 Å². The van der Waals surface area contributed by atoms with Gasteiger partial charge in [0.1, 0.15) is 0 Å². The first-order valence-electron chi connectivity index (χ1n) is 5.23. The third kappa shape index (κ3) is 4.57. The van der Waals surface area contributed by atoms with Crippen LogP contribution in [0.4, 0.5) is 0 Å². The Morgan fingerprint density at radius 2 is 2.22 bits per heavy atom. The Kier molecular flexibility index (Phi) is 5.25. The van der Waals surface area contributed by atoms with Crippen LogP contribution in [0.3, 0.4) is 0 Å². The number of amides is 1. The van der Waals surface area contributed by atoms with E-state index < -0.39 is 18.5 Å². The quantitative estimate of drug-likeness (QED) is 0.579. The number of nitrogens with one attached hydrogen (secondary N) is 1. The van der Waals surface area contributed by atoms with Gasteiger partial charge in [0.25, 0.3) is 5.91 Å². The number of carbonyl (C=O) groups excluding carboxylic acids is 2. The Morgan fingerprint density at radius 1 is 1.44 bits per heavy atom. The Hall–Kier alpha value is -2.49. The number of ether oxygens (including phenoxy) is 1. The van der Waals surface area contributed by atoms with E-state index in [2.05, 4.69) is 15.3 Å². The summed E-state index contributed by atoms with van der Waals surface area (Å²) in [4.78, 5) is 30.3. The minimum Gasteiger partial charge on any atom is -0.451 e. The number of nitriles is 1. The van der Waals surface area contributed by atoms with Crippen molar-refractivity contribution in [2.24, 2.45) is 0 Å². The molecule has 1 aromatic rings. The van der Waals surface area contributed by atoms with Gasteiger partial charge in [-0.15, -0.1) is 0 Å². The van der Waals surface area contributed by atoms with Crippen LogP contribution in [0.15, 0.2) is 12.4 Å². The van der Waals surface area contributed by atoms with Gasteiger partial charge in [0.05, 0.1) is 24.4 Å². The topological polar surface area (TPSA) is 105 Å². The lowest BCUT2D eigenvalue weighted by atomic mass is 10.4. The summed E-state index contributed by atoms with van der Waals surface area (Å²) in [6, 6.07) is 1.88. The Bertz CT molecular complexity index is 464. The largest absolute Gasteiger partial charge is 0.451 e. The van der Waals surface area contributed by atoms with Crippen molar-refractivity contribution in [3.8, 4) is 6.07 Å². The Morgan fingerprint density at radius 3 is 2.83 bits per heavy atom. The van der Waals surface area contributed by atoms with Gasteiger partial charge in [-0.05, 0) is 6.92 Å². The van der Waals surface area contributed by atoms with Gasteiger partial charge in [-0.2, -0.15) is 5.26 Å². The molecule has 0 aromatic carbocycles. The first-order valence-corrected chi connectivity index (χ1v) is 5.23. The number of rotatable bonds is 5. The molecule has 0 aliphatic carbocycles. The molecule has 0 bridgehead atoms. The summed E-state index contributed by atoms with van der Waals surface area (Å²) in [5, 5.41) is 10.7. The van der Waals surface area contributed by atoms with E-state index in [0.717, 1.165) is 0 Å². The molecule has 0 spiro atoms. The summed E-state index contributed by atoms with van der Waals surface area (Å²) >= 11 is 0. The number of aromatic nitrogens is 2. The normalized spacial score (nSPS) is 9.33. The van der Waals surface area contributed by atoms with E-state index in [1.165, 1.54) is 12.4 Å². The van der Waals surface area contributed by atoms with Crippen LogP contribution in [0.5, 0.6) is 0 Å². The van der Waals surface area contributed by atoms with Crippen LogP contribution in [-0.4, -0.2) is 35.0 Å². The molecule has 18 heavy (non-hydrogen) atoms. The summed E-state index contributed by atoms with van der Waals surface area (Å²) in [6.07, 6.45) is 2.93. The maximum absolute atomic E-state index is 11.4. The van der Waals surface area contributed by atoms with Crippen molar-refractivity contribution in [1.82, 2.24) is 15.3 Å². The molecule has 7 nitrogen and oxygen atoms in total. The van der Waals surface area contributed by atoms with Gasteiger partial charge in [-0.3, -0.25) is 9.78 Å². The summed E-state index contributed by atoms with van der Waals surface area (Å²) in [7, 11) is 0. The average molecular weight is 248 g/mol. The van der Waals surface area contributed by atoms with Gasteiger partial charge < -0.3 is 10.1 Å². The number of aryl methyl sites for hydroxylation is 1. The van der Waals surface area contributed by atoms with Crippen LogP contribution in [-0.2, 0) is 9.53 Å². The maximum Gasteiger partial charge on any atom is 0.359 e. The summed E-state index contributed by atoms with van der Waals surface area (Å²) in [6.45, 7) is 1.57. The van der Waals surface area contributed by atoms with Crippen molar-refractivity contribution in [3.63, 3.8) is 0 Å². The molecule has 94 valence electrons. The van der Waals surface area contributed by atoms with E-state index in [4.69, 9.17) is 10.00 Å². The molecule has 1 aromatic heterocycles. The number of hydrogen-bond acceptors (Lipinski definition) is 6. The highest BCUT2D eigenvalue weighted by Crippen LogP contribution is 1.96. The molecule has 7 heteroatoms. The SMILES string of the molecule is Cc1cnc(C(=O)OCC(=O)NCCC#N)cn1. The molecular formula is C11H12N4O3. The lowest BCUT2D eigenvalue weighted by Gasteiger charge is -2.04. The van der Waals surface area contributed by atoms with Gasteiger partial charge >= 0.3 is 5.97 Å². The molecule has 1 N–H and O–H groups in total. The fraction of sp³-hybridized carbons (Fsp3) is 0.364. The molecule has 1 rings (SSSR count). The Balaban J connectivity index is 2.35. The molecule has 0 aliphatic heterocycles. The zero-order valence-corrected chi connectivity index (χ0v) is 9.84. The standard InChI is InChI=1S/C11H12N4O3/c1-8-5-15-9(6-14-8)11(17)18-7-10(16)13-4-2-3-12/h5-6H,2,4,7H2,1H3,(H,13,16). The van der Waals surface area contributed by atoms with Gasteiger partial charge in [0, 0.05) is 12.7 Å². The smallest absolute Gasteiger partial charge is 0.359 e. The molecular weight excluding hydrogens is 236 g/mol. The molecule has 0 saturated heterocycles. The number of carbonyl (C=O) groups is 2. The highest BCUT2D eigenvalue weighted by Gasteiger charge is 2.11. The first-order chi connectivity index (χ1) is 8.63. The Labute approximate surface area is 104 Å². The predicted octanol–water partition coefficient (Wildman–Crippen LogP) is -0.0283. The van der Waals surface area contributed by atoms with Gasteiger partial charge in [0.2, 0.25) is 0 Å². The first kappa shape index (κ1) is 13.6. The van der Waals surface area contributed by atoms with E-state index in [1.54, 1.807) is 6.92 Å². The number of esters is 1. The second kappa shape index (κ2) is 6.96. The van der Waals surface area contributed by atoms with E-state index >= 15 is 0 Å². The molecule has 0 fully saturated rings. The molecule has 0 unspecified atom stereocenters. The fourth-order valence-electron chi connectivity index (χ4n) is 1.01. The van der Waals surface area contributed by atoms with E-state index in [-0.39, 0.29) is 18.7 Å². The van der Waals surface area contributed by atoms with Crippen LogP contribution in [0.25, 0.3) is 0 Å². The lowest BCUT2D eigenvalue weighted by Crippen LogP contribution is -2.29. The van der Waals surface area contributed by atoms with Gasteiger partial charge in [-0.1, -0.05) is 0 Å². The van der Waals surface area contributed by atoms with Crippen LogP contribution in [0.2, 0.25) is 0 Å². The maximum atomic E-state index is 11.4. The minimum absolute atomic E-state index is 0.0467. The third-order valence-corrected chi connectivity index (χ3v) is 1.88. The number of nitrogens with zero attached hydrogens (tertiary/aromatic N) is 3. The van der Waals surface area contributed by atoms with E-state index in [1.807, 2.05) is 6.07 Å². The molecule has 0 radical (unpaired) electrons. The second-order valence-electron chi connectivity index (χ2n) is 3.38. The summed E-state index contributed by atoms with van der Waals surface area (Å²) in [5.74, 6) is -1.17. The van der Waals surface area contributed by atoms with Crippen molar-refractivity contribution >= 4 is 11.9 Å². The molecule has 0 atom stereocenters. The molecule has 0 aliphatic rings. The zero-order valence-electron chi connectivity index (χ0n) is 9.84. The van der Waals surface area contributed by atoms with Crippen molar-refractivity contribution in [3.05, 3.63) is 23.8 Å². The second-order valence-corrected chi connectivity index (χ2v) is 3.38. The number of hydrogen-bond donors (Lipinski definition) is 1. The summed E-state index contributed by atoms with van der Waals surface area (Å²) in [5.41, 5.74) is 0.728. The zero-order chi connectivity index (χ0) is 13.4.